The third kappa shape index (κ3) is 3.10. The highest BCUT2D eigenvalue weighted by atomic mass is 16.3. The molecule has 3 heteroatoms. The highest BCUT2D eigenvalue weighted by Gasteiger charge is 2.27. The second-order valence-electron chi connectivity index (χ2n) is 5.32. The van der Waals surface area contributed by atoms with E-state index in [-0.39, 0.29) is 17.9 Å². The van der Waals surface area contributed by atoms with Crippen molar-refractivity contribution in [2.45, 2.75) is 32.8 Å². The third-order valence-electron chi connectivity index (χ3n) is 3.56. The van der Waals surface area contributed by atoms with Gasteiger partial charge in [0.25, 0.3) is 0 Å². The number of aliphatic hydroxyl groups excluding tert-OH is 1. The Hall–Kier alpha value is -1.35. The van der Waals surface area contributed by atoms with Crippen molar-refractivity contribution in [2.75, 3.05) is 13.1 Å². The first kappa shape index (κ1) is 13.1. The van der Waals surface area contributed by atoms with Gasteiger partial charge in [0.1, 0.15) is 0 Å². The minimum absolute atomic E-state index is 0.0157. The fourth-order valence-electron chi connectivity index (χ4n) is 2.42. The molecule has 0 aliphatic carbocycles. The molecule has 1 heterocycles. The lowest BCUT2D eigenvalue weighted by molar-refractivity contribution is -0.134. The molecular weight excluding hydrogens is 226 g/mol. The lowest BCUT2D eigenvalue weighted by atomic mass is 9.99. The Morgan fingerprint density at radius 3 is 2.67 bits per heavy atom. The number of nitrogens with zero attached hydrogens (tertiary/aromatic N) is 1. The maximum atomic E-state index is 12.2. The monoisotopic (exact) mass is 247 g/mol. The minimum Gasteiger partial charge on any atom is -0.391 e. The molecule has 1 amide bonds. The number of hydrogen-bond donors (Lipinski definition) is 1. The number of carbonyl (C=O) groups is 1. The van der Waals surface area contributed by atoms with Crippen molar-refractivity contribution in [2.24, 2.45) is 5.92 Å². The number of hydrogen-bond acceptors (Lipinski definition) is 2. The fourth-order valence-corrected chi connectivity index (χ4v) is 2.42. The Morgan fingerprint density at radius 2 is 2.11 bits per heavy atom. The third-order valence-corrected chi connectivity index (χ3v) is 3.56. The van der Waals surface area contributed by atoms with Crippen LogP contribution in [0.15, 0.2) is 24.3 Å². The molecule has 98 valence electrons. The Kier molecular flexibility index (Phi) is 4.02. The van der Waals surface area contributed by atoms with Crippen LogP contribution in [0, 0.1) is 12.8 Å². The lowest BCUT2D eigenvalue weighted by Crippen LogP contribution is -2.34. The molecule has 1 fully saturated rings. The molecule has 0 saturated carbocycles. The Balaban J connectivity index is 1.93. The van der Waals surface area contributed by atoms with Crippen molar-refractivity contribution < 1.29 is 9.90 Å². The van der Waals surface area contributed by atoms with Crippen LogP contribution in [0.4, 0.5) is 0 Å². The standard InChI is InChI=1S/C15H21NO2/c1-11-3-5-13(6-4-11)9-12(2)15(18)16-8-7-14(17)10-16/h3-6,12,14,17H,7-10H2,1-2H3/t12?,14-/m1/s1. The molecule has 1 aliphatic rings. The Labute approximate surface area is 108 Å². The van der Waals surface area contributed by atoms with Crippen molar-refractivity contribution >= 4 is 5.91 Å². The summed E-state index contributed by atoms with van der Waals surface area (Å²) in [6.07, 6.45) is 1.15. The van der Waals surface area contributed by atoms with E-state index >= 15 is 0 Å². The molecule has 0 radical (unpaired) electrons. The number of carbonyl (C=O) groups excluding carboxylic acids is 1. The second kappa shape index (κ2) is 5.53. The van der Waals surface area contributed by atoms with E-state index in [1.165, 1.54) is 11.1 Å². The highest BCUT2D eigenvalue weighted by molar-refractivity contribution is 5.79. The van der Waals surface area contributed by atoms with Gasteiger partial charge in [-0.15, -0.1) is 0 Å². The van der Waals surface area contributed by atoms with Crippen molar-refractivity contribution in [1.29, 1.82) is 0 Å². The van der Waals surface area contributed by atoms with Gasteiger partial charge < -0.3 is 10.0 Å². The van der Waals surface area contributed by atoms with Crippen LogP contribution in [0.1, 0.15) is 24.5 Å². The van der Waals surface area contributed by atoms with Crippen molar-refractivity contribution in [3.63, 3.8) is 0 Å². The molecule has 1 unspecified atom stereocenters. The van der Waals surface area contributed by atoms with Gasteiger partial charge in [-0.1, -0.05) is 36.8 Å². The minimum atomic E-state index is -0.333. The molecule has 1 saturated heterocycles. The molecule has 0 bridgehead atoms. The predicted octanol–water partition coefficient (Wildman–Crippen LogP) is 1.77. The molecule has 2 atom stereocenters. The summed E-state index contributed by atoms with van der Waals surface area (Å²) in [7, 11) is 0. The maximum Gasteiger partial charge on any atom is 0.225 e. The van der Waals surface area contributed by atoms with E-state index < -0.39 is 0 Å². The molecule has 1 aromatic rings. The van der Waals surface area contributed by atoms with Gasteiger partial charge in [0, 0.05) is 19.0 Å². The quantitative estimate of drug-likeness (QED) is 0.884. The summed E-state index contributed by atoms with van der Waals surface area (Å²) in [6, 6.07) is 8.31. The van der Waals surface area contributed by atoms with E-state index in [1.54, 1.807) is 4.90 Å². The van der Waals surface area contributed by atoms with Gasteiger partial charge in [0.2, 0.25) is 5.91 Å². The zero-order chi connectivity index (χ0) is 13.1. The zero-order valence-corrected chi connectivity index (χ0v) is 11.1. The summed E-state index contributed by atoms with van der Waals surface area (Å²) in [4.78, 5) is 14.0. The van der Waals surface area contributed by atoms with Crippen LogP contribution in [-0.4, -0.2) is 35.1 Å². The lowest BCUT2D eigenvalue weighted by Gasteiger charge is -2.20. The van der Waals surface area contributed by atoms with Crippen LogP contribution in [0.25, 0.3) is 0 Å². The van der Waals surface area contributed by atoms with Crippen LogP contribution < -0.4 is 0 Å². The number of rotatable bonds is 3. The molecule has 1 N–H and O–H groups in total. The van der Waals surface area contributed by atoms with Crippen LogP contribution in [0.3, 0.4) is 0 Å². The largest absolute Gasteiger partial charge is 0.391 e. The smallest absolute Gasteiger partial charge is 0.225 e. The van der Waals surface area contributed by atoms with E-state index in [1.807, 2.05) is 6.92 Å². The summed E-state index contributed by atoms with van der Waals surface area (Å²) < 4.78 is 0. The van der Waals surface area contributed by atoms with Gasteiger partial charge in [-0.3, -0.25) is 4.79 Å². The van der Waals surface area contributed by atoms with Crippen LogP contribution >= 0.6 is 0 Å². The first-order valence-corrected chi connectivity index (χ1v) is 6.58. The Bertz CT molecular complexity index is 413. The molecular formula is C15H21NO2. The first-order valence-electron chi connectivity index (χ1n) is 6.58. The fraction of sp³-hybridized carbons (Fsp3) is 0.533. The van der Waals surface area contributed by atoms with Gasteiger partial charge in [0.05, 0.1) is 6.10 Å². The normalized spacial score (nSPS) is 21.1. The Morgan fingerprint density at radius 1 is 1.44 bits per heavy atom. The number of amides is 1. The maximum absolute atomic E-state index is 12.2. The number of benzene rings is 1. The molecule has 18 heavy (non-hydrogen) atoms. The van der Waals surface area contributed by atoms with E-state index in [0.29, 0.717) is 19.5 Å². The predicted molar refractivity (Wildman–Crippen MR) is 71.3 cm³/mol. The van der Waals surface area contributed by atoms with E-state index in [4.69, 9.17) is 0 Å². The number of likely N-dealkylation sites (tertiary alicyclic amines) is 1. The van der Waals surface area contributed by atoms with E-state index in [0.717, 1.165) is 6.42 Å². The average Bonchev–Trinajstić information content (AvgIpc) is 2.78. The molecule has 1 aromatic carbocycles. The van der Waals surface area contributed by atoms with Crippen molar-refractivity contribution in [3.8, 4) is 0 Å². The number of aliphatic hydroxyl groups is 1. The summed E-state index contributed by atoms with van der Waals surface area (Å²) >= 11 is 0. The van der Waals surface area contributed by atoms with Crippen LogP contribution in [-0.2, 0) is 11.2 Å². The zero-order valence-electron chi connectivity index (χ0n) is 11.1. The van der Waals surface area contributed by atoms with Gasteiger partial charge >= 0.3 is 0 Å². The average molecular weight is 247 g/mol. The molecule has 0 aromatic heterocycles. The summed E-state index contributed by atoms with van der Waals surface area (Å²) in [5, 5.41) is 9.46. The first-order chi connectivity index (χ1) is 8.56. The van der Waals surface area contributed by atoms with Gasteiger partial charge in [0.15, 0.2) is 0 Å². The van der Waals surface area contributed by atoms with Crippen LogP contribution in [0.5, 0.6) is 0 Å². The summed E-state index contributed by atoms with van der Waals surface area (Å²) in [5.74, 6) is 0.144. The molecule has 3 nitrogen and oxygen atoms in total. The molecule has 0 spiro atoms. The van der Waals surface area contributed by atoms with Crippen molar-refractivity contribution in [3.05, 3.63) is 35.4 Å². The molecule has 2 rings (SSSR count). The number of aryl methyl sites for hydroxylation is 1. The van der Waals surface area contributed by atoms with Crippen LogP contribution in [0.2, 0.25) is 0 Å². The number of β-amino-alcohol motifs (C(OH)–C–C–N with tert-alkyl or cyclic N) is 1. The van der Waals surface area contributed by atoms with Gasteiger partial charge in [-0.2, -0.15) is 0 Å². The van der Waals surface area contributed by atoms with Gasteiger partial charge in [-0.25, -0.2) is 0 Å². The van der Waals surface area contributed by atoms with E-state index in [9.17, 15) is 9.90 Å². The van der Waals surface area contributed by atoms with Crippen molar-refractivity contribution in [1.82, 2.24) is 4.90 Å². The topological polar surface area (TPSA) is 40.5 Å². The molecule has 1 aliphatic heterocycles. The second-order valence-corrected chi connectivity index (χ2v) is 5.32. The SMILES string of the molecule is Cc1ccc(CC(C)C(=O)N2CC[C@@H](O)C2)cc1. The van der Waals surface area contributed by atoms with E-state index in [2.05, 4.69) is 31.2 Å². The summed E-state index contributed by atoms with van der Waals surface area (Å²) in [5.41, 5.74) is 2.43. The summed E-state index contributed by atoms with van der Waals surface area (Å²) in [6.45, 7) is 5.21. The highest BCUT2D eigenvalue weighted by Crippen LogP contribution is 2.16. The van der Waals surface area contributed by atoms with Gasteiger partial charge in [-0.05, 0) is 25.3 Å².